The summed E-state index contributed by atoms with van der Waals surface area (Å²) in [5.41, 5.74) is 1.02. The van der Waals surface area contributed by atoms with Crippen LogP contribution in [0, 0.1) is 12.3 Å². The Balaban J connectivity index is 2.45. The van der Waals surface area contributed by atoms with E-state index >= 15 is 0 Å². The molecule has 0 saturated heterocycles. The largest absolute Gasteiger partial charge is 0.497 e. The number of aliphatic hydroxyl groups is 1. The van der Waals surface area contributed by atoms with E-state index in [0.29, 0.717) is 13.0 Å². The summed E-state index contributed by atoms with van der Waals surface area (Å²) in [6, 6.07) is 7.60. The van der Waals surface area contributed by atoms with Gasteiger partial charge in [-0.15, -0.1) is 6.42 Å². The summed E-state index contributed by atoms with van der Waals surface area (Å²) >= 11 is 0. The molecular weight excluding hydrogens is 216 g/mol. The van der Waals surface area contributed by atoms with Gasteiger partial charge in [-0.25, -0.2) is 0 Å². The van der Waals surface area contributed by atoms with Crippen molar-refractivity contribution < 1.29 is 14.6 Å². The predicted molar refractivity (Wildman–Crippen MR) is 66.7 cm³/mol. The van der Waals surface area contributed by atoms with Gasteiger partial charge in [-0.05, 0) is 24.6 Å². The first-order chi connectivity index (χ1) is 8.15. The molecule has 0 spiro atoms. The summed E-state index contributed by atoms with van der Waals surface area (Å²) in [5.74, 6) is 3.33. The van der Waals surface area contributed by atoms with Crippen LogP contribution < -0.4 is 4.74 Å². The van der Waals surface area contributed by atoms with Crippen molar-refractivity contribution in [2.24, 2.45) is 0 Å². The Morgan fingerprint density at radius 1 is 1.35 bits per heavy atom. The van der Waals surface area contributed by atoms with Crippen molar-refractivity contribution >= 4 is 0 Å². The maximum atomic E-state index is 9.23. The SMILES string of the molecule is C#CC(CC(C)O)OCc1ccc(OC)cc1. The average molecular weight is 234 g/mol. The molecule has 1 aromatic rings. The second-order valence-electron chi connectivity index (χ2n) is 3.90. The standard InChI is InChI=1S/C14H18O3/c1-4-13(9-11(2)15)17-10-12-5-7-14(16-3)8-6-12/h1,5-8,11,13,15H,9-10H2,2-3H3. The lowest BCUT2D eigenvalue weighted by atomic mass is 10.2. The zero-order chi connectivity index (χ0) is 12.7. The topological polar surface area (TPSA) is 38.7 Å². The van der Waals surface area contributed by atoms with Crippen molar-refractivity contribution in [3.63, 3.8) is 0 Å². The van der Waals surface area contributed by atoms with Crippen molar-refractivity contribution in [3.05, 3.63) is 29.8 Å². The van der Waals surface area contributed by atoms with E-state index in [4.69, 9.17) is 15.9 Å². The van der Waals surface area contributed by atoms with E-state index < -0.39 is 6.10 Å². The number of hydrogen-bond acceptors (Lipinski definition) is 3. The summed E-state index contributed by atoms with van der Waals surface area (Å²) in [7, 11) is 1.63. The Morgan fingerprint density at radius 2 is 2.00 bits per heavy atom. The van der Waals surface area contributed by atoms with Crippen LogP contribution in [0.25, 0.3) is 0 Å². The maximum absolute atomic E-state index is 9.23. The van der Waals surface area contributed by atoms with Gasteiger partial charge in [-0.1, -0.05) is 18.1 Å². The summed E-state index contributed by atoms with van der Waals surface area (Å²) in [5, 5.41) is 9.23. The highest BCUT2D eigenvalue weighted by Crippen LogP contribution is 2.13. The van der Waals surface area contributed by atoms with E-state index in [1.54, 1.807) is 14.0 Å². The molecule has 92 valence electrons. The summed E-state index contributed by atoms with van der Waals surface area (Å²) in [6.07, 6.45) is 4.97. The molecule has 2 atom stereocenters. The van der Waals surface area contributed by atoms with Crippen LogP contribution in [-0.2, 0) is 11.3 Å². The third-order valence-electron chi connectivity index (χ3n) is 2.35. The maximum Gasteiger partial charge on any atom is 0.120 e. The monoisotopic (exact) mass is 234 g/mol. The van der Waals surface area contributed by atoms with Crippen LogP contribution in [0.5, 0.6) is 5.75 Å². The van der Waals surface area contributed by atoms with Crippen molar-refractivity contribution in [1.82, 2.24) is 0 Å². The predicted octanol–water partition coefficient (Wildman–Crippen LogP) is 1.98. The van der Waals surface area contributed by atoms with Gasteiger partial charge in [-0.2, -0.15) is 0 Å². The van der Waals surface area contributed by atoms with E-state index in [1.165, 1.54) is 0 Å². The van der Waals surface area contributed by atoms with Crippen LogP contribution in [0.4, 0.5) is 0 Å². The summed E-state index contributed by atoms with van der Waals surface area (Å²) < 4.78 is 10.6. The molecule has 17 heavy (non-hydrogen) atoms. The van der Waals surface area contributed by atoms with Crippen LogP contribution in [0.2, 0.25) is 0 Å². The van der Waals surface area contributed by atoms with Gasteiger partial charge < -0.3 is 14.6 Å². The highest BCUT2D eigenvalue weighted by Gasteiger charge is 2.09. The van der Waals surface area contributed by atoms with Crippen LogP contribution in [0.1, 0.15) is 18.9 Å². The molecule has 0 heterocycles. The molecule has 0 aliphatic rings. The van der Waals surface area contributed by atoms with Crippen LogP contribution >= 0.6 is 0 Å². The Bertz CT molecular complexity index is 362. The fraction of sp³-hybridized carbons (Fsp3) is 0.429. The molecule has 0 aliphatic carbocycles. The Kier molecular flexibility index (Phi) is 5.55. The summed E-state index contributed by atoms with van der Waals surface area (Å²) in [6.45, 7) is 2.13. The van der Waals surface area contributed by atoms with Gasteiger partial charge in [0.15, 0.2) is 0 Å². The molecule has 0 aliphatic heterocycles. The van der Waals surface area contributed by atoms with Crippen molar-refractivity contribution in [3.8, 4) is 18.1 Å². The number of hydrogen-bond donors (Lipinski definition) is 1. The minimum absolute atomic E-state index is 0.350. The third-order valence-corrected chi connectivity index (χ3v) is 2.35. The first-order valence-electron chi connectivity index (χ1n) is 5.54. The molecule has 1 N–H and O–H groups in total. The second-order valence-corrected chi connectivity index (χ2v) is 3.90. The summed E-state index contributed by atoms with van der Waals surface area (Å²) in [4.78, 5) is 0. The van der Waals surface area contributed by atoms with Gasteiger partial charge >= 0.3 is 0 Å². The van der Waals surface area contributed by atoms with E-state index in [1.807, 2.05) is 24.3 Å². The lowest BCUT2D eigenvalue weighted by molar-refractivity contribution is 0.0411. The van der Waals surface area contributed by atoms with Crippen LogP contribution in [-0.4, -0.2) is 24.4 Å². The number of rotatable bonds is 6. The number of benzene rings is 1. The molecule has 1 aromatic carbocycles. The normalized spacial score (nSPS) is 13.8. The van der Waals surface area contributed by atoms with Gasteiger partial charge in [0.2, 0.25) is 0 Å². The number of ether oxygens (including phenoxy) is 2. The zero-order valence-electron chi connectivity index (χ0n) is 10.2. The van der Waals surface area contributed by atoms with Gasteiger partial charge in [-0.3, -0.25) is 0 Å². The van der Waals surface area contributed by atoms with E-state index in [2.05, 4.69) is 5.92 Å². The van der Waals surface area contributed by atoms with E-state index in [-0.39, 0.29) is 6.10 Å². The number of aliphatic hydroxyl groups excluding tert-OH is 1. The quantitative estimate of drug-likeness (QED) is 0.765. The molecule has 0 saturated carbocycles. The molecule has 0 bridgehead atoms. The first-order valence-corrected chi connectivity index (χ1v) is 5.54. The molecule has 0 fully saturated rings. The van der Waals surface area contributed by atoms with Gasteiger partial charge in [0.1, 0.15) is 11.9 Å². The van der Waals surface area contributed by atoms with Crippen LogP contribution in [0.15, 0.2) is 24.3 Å². The highest BCUT2D eigenvalue weighted by molar-refractivity contribution is 5.26. The smallest absolute Gasteiger partial charge is 0.120 e. The molecule has 0 aromatic heterocycles. The molecule has 3 heteroatoms. The Hall–Kier alpha value is -1.50. The lowest BCUT2D eigenvalue weighted by Gasteiger charge is -2.14. The lowest BCUT2D eigenvalue weighted by Crippen LogP contribution is -2.17. The second kappa shape index (κ2) is 6.95. The van der Waals surface area contributed by atoms with Crippen molar-refractivity contribution in [2.75, 3.05) is 7.11 Å². The van der Waals surface area contributed by atoms with E-state index in [9.17, 15) is 5.11 Å². The highest BCUT2D eigenvalue weighted by atomic mass is 16.5. The number of methoxy groups -OCH3 is 1. The Morgan fingerprint density at radius 3 is 2.47 bits per heavy atom. The minimum Gasteiger partial charge on any atom is -0.497 e. The van der Waals surface area contributed by atoms with E-state index in [0.717, 1.165) is 11.3 Å². The fourth-order valence-corrected chi connectivity index (χ4v) is 1.41. The molecule has 1 rings (SSSR count). The molecular formula is C14H18O3. The molecule has 0 radical (unpaired) electrons. The van der Waals surface area contributed by atoms with Gasteiger partial charge in [0.05, 0.1) is 19.8 Å². The Labute approximate surface area is 102 Å². The van der Waals surface area contributed by atoms with Gasteiger partial charge in [0, 0.05) is 6.42 Å². The molecule has 2 unspecified atom stereocenters. The van der Waals surface area contributed by atoms with Crippen molar-refractivity contribution in [2.45, 2.75) is 32.2 Å². The van der Waals surface area contributed by atoms with Gasteiger partial charge in [0.25, 0.3) is 0 Å². The average Bonchev–Trinajstić information content (AvgIpc) is 2.34. The van der Waals surface area contributed by atoms with Crippen LogP contribution in [0.3, 0.4) is 0 Å². The zero-order valence-corrected chi connectivity index (χ0v) is 10.2. The van der Waals surface area contributed by atoms with Crippen molar-refractivity contribution in [1.29, 1.82) is 0 Å². The third kappa shape index (κ3) is 4.90. The number of terminal acetylenes is 1. The first kappa shape index (κ1) is 13.6. The molecule has 0 amide bonds. The molecule has 3 nitrogen and oxygen atoms in total. The fourth-order valence-electron chi connectivity index (χ4n) is 1.41. The minimum atomic E-state index is -0.452.